The molecule has 0 heterocycles. The van der Waals surface area contributed by atoms with Crippen molar-refractivity contribution in [2.45, 2.75) is 34.1 Å². The van der Waals surface area contributed by atoms with Crippen molar-refractivity contribution in [3.05, 3.63) is 23.8 Å². The van der Waals surface area contributed by atoms with Crippen LogP contribution in [0.15, 0.2) is 23.2 Å². The molecule has 0 radical (unpaired) electrons. The van der Waals surface area contributed by atoms with E-state index in [4.69, 9.17) is 14.5 Å². The van der Waals surface area contributed by atoms with Gasteiger partial charge in [-0.25, -0.2) is 4.99 Å². The van der Waals surface area contributed by atoms with Gasteiger partial charge in [-0.05, 0) is 49.3 Å². The van der Waals surface area contributed by atoms with Gasteiger partial charge in [0.25, 0.3) is 5.91 Å². The molecule has 172 valence electrons. The zero-order chi connectivity index (χ0) is 23.4. The highest BCUT2D eigenvalue weighted by molar-refractivity contribution is 8.56. The van der Waals surface area contributed by atoms with E-state index < -0.39 is 6.72 Å². The molecule has 0 aliphatic rings. The smallest absolute Gasteiger partial charge is 0.354 e. The molecular weight excluding hydrogens is 435 g/mol. The van der Waals surface area contributed by atoms with E-state index in [1.165, 1.54) is 27.3 Å². The summed E-state index contributed by atoms with van der Waals surface area (Å²) in [4.78, 5) is 18.2. The van der Waals surface area contributed by atoms with Crippen LogP contribution in [0.1, 0.15) is 44.5 Å². The van der Waals surface area contributed by atoms with Crippen molar-refractivity contribution in [2.75, 3.05) is 39.6 Å². The maximum absolute atomic E-state index is 13.6. The fraction of sp³-hybridized carbons (Fsp3) is 0.571. The van der Waals surface area contributed by atoms with Crippen molar-refractivity contribution in [3.63, 3.8) is 0 Å². The number of ether oxygens (including phenoxy) is 1. The minimum absolute atomic E-state index is 0.141. The van der Waals surface area contributed by atoms with Crippen molar-refractivity contribution < 1.29 is 18.6 Å². The lowest BCUT2D eigenvalue weighted by Gasteiger charge is -2.28. The summed E-state index contributed by atoms with van der Waals surface area (Å²) < 4.78 is 26.4. The number of amides is 1. The van der Waals surface area contributed by atoms with Crippen molar-refractivity contribution in [2.24, 2.45) is 10.9 Å². The van der Waals surface area contributed by atoms with Crippen LogP contribution in [0.5, 0.6) is 5.75 Å². The molecule has 31 heavy (non-hydrogen) atoms. The normalized spacial score (nSPS) is 13.1. The Kier molecular flexibility index (Phi) is 11.7. The fourth-order valence-electron chi connectivity index (χ4n) is 2.41. The highest BCUT2D eigenvalue weighted by Crippen LogP contribution is 2.62. The maximum Gasteiger partial charge on any atom is 0.354 e. The third-order valence-corrected chi connectivity index (χ3v) is 8.90. The first-order valence-corrected chi connectivity index (χ1v) is 13.4. The molecule has 8 nitrogen and oxygen atoms in total. The Labute approximate surface area is 189 Å². The fourth-order valence-corrected chi connectivity index (χ4v) is 6.93. The van der Waals surface area contributed by atoms with Crippen molar-refractivity contribution >= 4 is 36.0 Å². The second-order valence-electron chi connectivity index (χ2n) is 7.21. The molecular formula is C21H33N4O4PS. The first-order valence-electron chi connectivity index (χ1n) is 10.2. The topological polar surface area (TPSA) is 95.2 Å². The molecule has 0 aliphatic carbocycles. The molecule has 1 aromatic carbocycles. The Bertz CT molecular complexity index is 839. The number of hydrogen-bond acceptors (Lipinski definition) is 7. The minimum atomic E-state index is -3.27. The highest BCUT2D eigenvalue weighted by atomic mass is 32.7. The zero-order valence-corrected chi connectivity index (χ0v) is 20.9. The van der Waals surface area contributed by atoms with E-state index >= 15 is 0 Å². The lowest BCUT2D eigenvalue weighted by atomic mass is 10.1. The van der Waals surface area contributed by atoms with E-state index in [1.807, 2.05) is 20.8 Å². The summed E-state index contributed by atoms with van der Waals surface area (Å²) in [5, 5.41) is 9.04. The van der Waals surface area contributed by atoms with E-state index in [0.29, 0.717) is 35.3 Å². The van der Waals surface area contributed by atoms with Crippen LogP contribution in [0.2, 0.25) is 0 Å². The van der Waals surface area contributed by atoms with E-state index in [2.05, 4.69) is 11.1 Å². The van der Waals surface area contributed by atoms with Crippen LogP contribution in [0.3, 0.4) is 0 Å². The Hall–Kier alpha value is -2.01. The molecule has 1 unspecified atom stereocenters. The molecule has 0 aliphatic heterocycles. The summed E-state index contributed by atoms with van der Waals surface area (Å²) in [6.45, 7) is 5.36. The summed E-state index contributed by atoms with van der Waals surface area (Å²) >= 11 is 1.25. The Morgan fingerprint density at radius 2 is 2.03 bits per heavy atom. The second-order valence-corrected chi connectivity index (χ2v) is 11.7. The zero-order valence-electron chi connectivity index (χ0n) is 19.2. The van der Waals surface area contributed by atoms with E-state index in [1.54, 1.807) is 39.2 Å². The molecule has 0 bridgehead atoms. The Balaban J connectivity index is 3.29. The molecule has 1 rings (SSSR count). The molecule has 1 atom stereocenters. The van der Waals surface area contributed by atoms with Gasteiger partial charge in [-0.3, -0.25) is 14.0 Å². The molecule has 1 amide bonds. The lowest BCUT2D eigenvalue weighted by molar-refractivity contribution is 0.0827. The summed E-state index contributed by atoms with van der Waals surface area (Å²) in [5.41, 5.74) is 0.984. The average Bonchev–Trinajstić information content (AvgIpc) is 2.72. The number of carbonyl (C=O) groups excluding carboxylic acids is 1. The van der Waals surface area contributed by atoms with Crippen LogP contribution < -0.4 is 4.74 Å². The standard InChI is InChI=1S/C21H33N4O4PS/c1-7-28-20-14-18(21(26)24(5)6)10-11-19(20)23-16-25(13-9-12-22)30(27,29-8-2)31-15-17(3)4/h10-11,14,16-17H,7-9,13,15H2,1-6H3. The molecule has 0 spiro atoms. The first kappa shape index (κ1) is 27.0. The van der Waals surface area contributed by atoms with Crippen LogP contribution in [-0.2, 0) is 9.09 Å². The summed E-state index contributed by atoms with van der Waals surface area (Å²) in [5.74, 6) is 1.30. The molecule has 0 fully saturated rings. The molecule has 0 N–H and O–H groups in total. The molecule has 10 heteroatoms. The maximum atomic E-state index is 13.6. The third kappa shape index (κ3) is 8.56. The van der Waals surface area contributed by atoms with Crippen molar-refractivity contribution in [1.82, 2.24) is 9.57 Å². The van der Waals surface area contributed by atoms with Gasteiger partial charge < -0.3 is 14.2 Å². The predicted molar refractivity (Wildman–Crippen MR) is 127 cm³/mol. The molecule has 0 saturated heterocycles. The van der Waals surface area contributed by atoms with Gasteiger partial charge >= 0.3 is 6.72 Å². The highest BCUT2D eigenvalue weighted by Gasteiger charge is 2.31. The van der Waals surface area contributed by atoms with Gasteiger partial charge in [0, 0.05) is 32.0 Å². The quantitative estimate of drug-likeness (QED) is 0.223. The van der Waals surface area contributed by atoms with Gasteiger partial charge in [0.2, 0.25) is 0 Å². The number of nitrogens with zero attached hydrogens (tertiary/aromatic N) is 4. The summed E-state index contributed by atoms with van der Waals surface area (Å²) in [6.07, 6.45) is 1.63. The summed E-state index contributed by atoms with van der Waals surface area (Å²) in [7, 11) is 3.36. The number of hydrogen-bond donors (Lipinski definition) is 0. The molecule has 0 saturated carbocycles. The van der Waals surface area contributed by atoms with Gasteiger partial charge in [0.05, 0.1) is 32.0 Å². The van der Waals surface area contributed by atoms with Gasteiger partial charge in [0.15, 0.2) is 0 Å². The minimum Gasteiger partial charge on any atom is -0.492 e. The van der Waals surface area contributed by atoms with Crippen LogP contribution >= 0.6 is 18.1 Å². The van der Waals surface area contributed by atoms with Crippen LogP contribution in [-0.4, -0.2) is 61.4 Å². The SMILES string of the molecule is CCOc1cc(C(=O)N(C)C)ccc1N=CN(CCC#N)P(=O)(OCC)SCC(C)C. The number of benzene rings is 1. The predicted octanol–water partition coefficient (Wildman–Crippen LogP) is 5.20. The first-order chi connectivity index (χ1) is 14.7. The summed E-state index contributed by atoms with van der Waals surface area (Å²) in [6, 6.07) is 7.09. The van der Waals surface area contributed by atoms with E-state index in [-0.39, 0.29) is 25.5 Å². The van der Waals surface area contributed by atoms with Crippen molar-refractivity contribution in [1.29, 1.82) is 5.26 Å². The third-order valence-electron chi connectivity index (χ3n) is 3.87. The number of nitriles is 1. The number of rotatable bonds is 13. The van der Waals surface area contributed by atoms with Crippen molar-refractivity contribution in [3.8, 4) is 11.8 Å². The second kappa shape index (κ2) is 13.4. The molecule has 1 aromatic rings. The number of aliphatic imine (C=N–C) groups is 1. The average molecular weight is 469 g/mol. The Morgan fingerprint density at radius 1 is 1.32 bits per heavy atom. The van der Waals surface area contributed by atoms with Gasteiger partial charge in [-0.1, -0.05) is 13.8 Å². The largest absolute Gasteiger partial charge is 0.492 e. The van der Waals surface area contributed by atoms with Crippen LogP contribution in [0, 0.1) is 17.2 Å². The monoisotopic (exact) mass is 468 g/mol. The van der Waals surface area contributed by atoms with E-state index in [0.717, 1.165) is 0 Å². The van der Waals surface area contributed by atoms with Gasteiger partial charge in [-0.15, -0.1) is 0 Å². The lowest BCUT2D eigenvalue weighted by Crippen LogP contribution is -2.21. The van der Waals surface area contributed by atoms with E-state index in [9.17, 15) is 9.36 Å². The molecule has 0 aromatic heterocycles. The van der Waals surface area contributed by atoms with Gasteiger partial charge in [0.1, 0.15) is 11.4 Å². The Morgan fingerprint density at radius 3 is 2.58 bits per heavy atom. The van der Waals surface area contributed by atoms with Gasteiger partial charge in [-0.2, -0.15) is 5.26 Å². The van der Waals surface area contributed by atoms with Crippen LogP contribution in [0.4, 0.5) is 5.69 Å². The van der Waals surface area contributed by atoms with Crippen LogP contribution in [0.25, 0.3) is 0 Å². The number of carbonyl (C=O) groups is 1.